The Morgan fingerprint density at radius 2 is 1.17 bits per heavy atom. The van der Waals surface area contributed by atoms with E-state index in [0.29, 0.717) is 0 Å². The molecule has 0 radical (unpaired) electrons. The summed E-state index contributed by atoms with van der Waals surface area (Å²) >= 11 is 0. The molecule has 6 aromatic carbocycles. The maximum absolute atomic E-state index is 5.73. The van der Waals surface area contributed by atoms with E-state index < -0.39 is 0 Å². The Hall–Kier alpha value is -6.36. The van der Waals surface area contributed by atoms with Gasteiger partial charge in [0.15, 0.2) is 0 Å². The Morgan fingerprint density at radius 1 is 0.587 bits per heavy atom. The minimum atomic E-state index is -0.135. The van der Waals surface area contributed by atoms with Crippen molar-refractivity contribution < 1.29 is 0 Å². The van der Waals surface area contributed by atoms with E-state index in [9.17, 15) is 0 Å². The average Bonchev–Trinajstić information content (AvgIpc) is 3.93. The van der Waals surface area contributed by atoms with Gasteiger partial charge in [-0.25, -0.2) is 0 Å². The molecule has 1 N–H and O–H groups in total. The zero-order valence-corrected chi connectivity index (χ0v) is 38.3. The minimum absolute atomic E-state index is 0.135. The van der Waals surface area contributed by atoms with Crippen LogP contribution in [0.1, 0.15) is 126 Å². The summed E-state index contributed by atoms with van der Waals surface area (Å²) in [5.41, 5.74) is 27.5. The molecule has 12 rings (SSSR count). The van der Waals surface area contributed by atoms with Crippen molar-refractivity contribution in [2.24, 2.45) is 0 Å². The Morgan fingerprint density at radius 3 is 1.84 bits per heavy atom. The van der Waals surface area contributed by atoms with Crippen LogP contribution in [0.3, 0.4) is 0 Å². The fourth-order valence-corrected chi connectivity index (χ4v) is 11.9. The van der Waals surface area contributed by atoms with E-state index in [1.165, 1.54) is 142 Å². The molecule has 0 unspecified atom stereocenters. The zero-order valence-electron chi connectivity index (χ0n) is 38.3. The summed E-state index contributed by atoms with van der Waals surface area (Å²) in [6.45, 7) is 12.8. The molecular formula is C62H59N. The molecule has 0 amide bonds. The number of fused-ring (bicyclic) bond motifs is 6. The molecule has 0 atom stereocenters. The Bertz CT molecular complexity index is 3130. The molecule has 0 saturated heterocycles. The third-order valence-corrected chi connectivity index (χ3v) is 14.7. The Kier molecular flexibility index (Phi) is 10.4. The van der Waals surface area contributed by atoms with Crippen molar-refractivity contribution in [3.8, 4) is 45.7 Å². The lowest BCUT2D eigenvalue weighted by atomic mass is 9.78. The largest absolute Gasteiger partial charge is 0.387 e. The molecule has 6 aliphatic rings. The van der Waals surface area contributed by atoms with Crippen molar-refractivity contribution in [3.05, 3.63) is 172 Å². The first kappa shape index (κ1) is 40.7. The molecule has 0 aromatic heterocycles. The van der Waals surface area contributed by atoms with Gasteiger partial charge in [-0.2, -0.15) is 0 Å². The van der Waals surface area contributed by atoms with E-state index >= 15 is 0 Å². The number of terminal acetylenes is 1. The van der Waals surface area contributed by atoms with Crippen molar-refractivity contribution in [1.29, 1.82) is 0 Å². The number of rotatable bonds is 5. The predicted octanol–water partition coefficient (Wildman–Crippen LogP) is 16.9. The van der Waals surface area contributed by atoms with Gasteiger partial charge in [0.2, 0.25) is 0 Å². The predicted molar refractivity (Wildman–Crippen MR) is 274 cm³/mol. The number of hydrogen-bond donors (Lipinski definition) is 1. The fraction of sp³-hybridized carbons (Fsp3) is 0.258. The molecule has 6 aliphatic carbocycles. The normalized spacial score (nSPS) is 17.3. The standard InChI is InChI=1S/C58H47N.2C2H6/c1-5-12-55(59-4)35-22-24-46-45-23-21-34(32-53(45)58(2,3)54(46)33-35)36-29-37(39-25-27-51-43-15-8-6-13-41(43)49-19-10-17-47(39)56(49)51)31-38(30-36)40-26-28-52-44-16-9-7-14-42(44)50-20-11-18-48(40)57(50)52;2*1-2/h1,6,10-13,17-21,23,25-33,59H,7-9,14-16,22,24H2,2-4H3;2*1-2H3/b55-12-;;. The number of hydrogen-bond acceptors (Lipinski definition) is 1. The van der Waals surface area contributed by atoms with Gasteiger partial charge in [-0.3, -0.25) is 0 Å². The fourth-order valence-electron chi connectivity index (χ4n) is 11.9. The lowest BCUT2D eigenvalue weighted by Gasteiger charge is -2.26. The molecule has 0 fully saturated rings. The van der Waals surface area contributed by atoms with E-state index in [-0.39, 0.29) is 5.41 Å². The third kappa shape index (κ3) is 6.20. The van der Waals surface area contributed by atoms with Crippen LogP contribution >= 0.6 is 0 Å². The van der Waals surface area contributed by atoms with Gasteiger partial charge in [0, 0.05) is 24.2 Å². The van der Waals surface area contributed by atoms with Crippen LogP contribution in [0, 0.1) is 12.3 Å². The summed E-state index contributed by atoms with van der Waals surface area (Å²) in [4.78, 5) is 0. The topological polar surface area (TPSA) is 12.0 Å². The third-order valence-electron chi connectivity index (χ3n) is 14.7. The van der Waals surface area contributed by atoms with Crippen LogP contribution in [0.2, 0.25) is 0 Å². The summed E-state index contributed by atoms with van der Waals surface area (Å²) in [6, 6.07) is 38.4. The lowest BCUT2D eigenvalue weighted by molar-refractivity contribution is 0.649. The number of allylic oxidation sites excluding steroid dienone is 11. The Balaban J connectivity index is 0.00000115. The monoisotopic (exact) mass is 817 g/mol. The van der Waals surface area contributed by atoms with Crippen molar-refractivity contribution >= 4 is 49.4 Å². The molecule has 312 valence electrons. The molecule has 1 nitrogen and oxygen atoms in total. The summed E-state index contributed by atoms with van der Waals surface area (Å²) in [7, 11) is 1.97. The van der Waals surface area contributed by atoms with Crippen LogP contribution in [0.4, 0.5) is 0 Å². The molecule has 0 spiro atoms. The van der Waals surface area contributed by atoms with Gasteiger partial charge in [0.1, 0.15) is 0 Å². The van der Waals surface area contributed by atoms with Gasteiger partial charge in [0.05, 0.1) is 0 Å². The van der Waals surface area contributed by atoms with E-state index in [1.54, 1.807) is 11.1 Å². The van der Waals surface area contributed by atoms with Gasteiger partial charge in [-0.05, 0) is 203 Å². The van der Waals surface area contributed by atoms with E-state index in [4.69, 9.17) is 6.42 Å². The zero-order chi connectivity index (χ0) is 43.6. The SMILES string of the molecule is C#C/C=C(\NC)C1=CC2=C(CC1)c1ccc(-c3cc(-c4ccc5c6c(cccc46)C4=C5CCC=C4)cc(-c4ccc5c6c(cccc46)C4=C5CCCC4)c3)cc1C2(C)C.CC.CC. The van der Waals surface area contributed by atoms with Gasteiger partial charge in [0.25, 0.3) is 0 Å². The van der Waals surface area contributed by atoms with Gasteiger partial charge >= 0.3 is 0 Å². The van der Waals surface area contributed by atoms with Crippen molar-refractivity contribution in [3.63, 3.8) is 0 Å². The first-order valence-electron chi connectivity index (χ1n) is 23.8. The number of benzene rings is 6. The van der Waals surface area contributed by atoms with Crippen LogP contribution in [0.15, 0.2) is 138 Å². The highest BCUT2D eigenvalue weighted by Gasteiger charge is 2.39. The second-order valence-electron chi connectivity index (χ2n) is 18.0. The maximum Gasteiger partial charge on any atom is 0.0455 e. The van der Waals surface area contributed by atoms with E-state index in [0.717, 1.165) is 31.4 Å². The summed E-state index contributed by atoms with van der Waals surface area (Å²) in [5, 5.41) is 8.95. The van der Waals surface area contributed by atoms with Crippen LogP contribution < -0.4 is 5.32 Å². The van der Waals surface area contributed by atoms with Crippen molar-refractivity contribution in [1.82, 2.24) is 5.32 Å². The van der Waals surface area contributed by atoms with Crippen LogP contribution in [-0.4, -0.2) is 7.05 Å². The van der Waals surface area contributed by atoms with Crippen molar-refractivity contribution in [2.75, 3.05) is 7.05 Å². The molecule has 0 saturated carbocycles. The van der Waals surface area contributed by atoms with E-state index in [2.05, 4.69) is 140 Å². The molecule has 0 bridgehead atoms. The minimum Gasteiger partial charge on any atom is -0.387 e. The summed E-state index contributed by atoms with van der Waals surface area (Å²) in [6.07, 6.45) is 23.9. The van der Waals surface area contributed by atoms with Crippen molar-refractivity contribution in [2.45, 2.75) is 98.3 Å². The highest BCUT2D eigenvalue weighted by atomic mass is 14.8. The highest BCUT2D eigenvalue weighted by molar-refractivity contribution is 6.20. The first-order valence-corrected chi connectivity index (χ1v) is 23.8. The van der Waals surface area contributed by atoms with Gasteiger partial charge in [-0.1, -0.05) is 138 Å². The summed E-state index contributed by atoms with van der Waals surface area (Å²) < 4.78 is 0. The first-order chi connectivity index (χ1) is 30.9. The quantitative estimate of drug-likeness (QED) is 0.171. The number of nitrogens with one attached hydrogen (secondary N) is 1. The average molecular weight is 818 g/mol. The Labute approximate surface area is 375 Å². The second-order valence-corrected chi connectivity index (χ2v) is 18.0. The van der Waals surface area contributed by atoms with E-state index in [1.807, 2.05) is 40.8 Å². The molecular weight excluding hydrogens is 759 g/mol. The maximum atomic E-state index is 5.73. The van der Waals surface area contributed by atoms with Crippen LogP contribution in [0.5, 0.6) is 0 Å². The summed E-state index contributed by atoms with van der Waals surface area (Å²) in [5.74, 6) is 2.74. The van der Waals surface area contributed by atoms with Crippen LogP contribution in [-0.2, 0) is 5.41 Å². The highest BCUT2D eigenvalue weighted by Crippen LogP contribution is 2.54. The van der Waals surface area contributed by atoms with Crippen LogP contribution in [0.25, 0.3) is 82.8 Å². The lowest BCUT2D eigenvalue weighted by Crippen LogP contribution is -2.18. The van der Waals surface area contributed by atoms with Gasteiger partial charge in [-0.15, -0.1) is 6.42 Å². The smallest absolute Gasteiger partial charge is 0.0455 e. The van der Waals surface area contributed by atoms with Gasteiger partial charge < -0.3 is 5.32 Å². The molecule has 0 aliphatic heterocycles. The molecule has 6 aromatic rings. The second kappa shape index (κ2) is 16.1. The molecule has 63 heavy (non-hydrogen) atoms. The number of likely N-dealkylation sites (N-methyl/N-ethyl adjacent to an activating group) is 1. The molecule has 0 heterocycles. The molecule has 1 heteroatoms.